The van der Waals surface area contributed by atoms with E-state index in [1.807, 2.05) is 13.0 Å². The van der Waals surface area contributed by atoms with Crippen LogP contribution in [0.5, 0.6) is 0 Å². The lowest BCUT2D eigenvalue weighted by atomic mass is 10.1. The van der Waals surface area contributed by atoms with Crippen molar-refractivity contribution in [3.63, 3.8) is 0 Å². The van der Waals surface area contributed by atoms with Gasteiger partial charge in [0, 0.05) is 57.2 Å². The Labute approximate surface area is 118 Å². The number of piperazine rings is 1. The lowest BCUT2D eigenvalue weighted by molar-refractivity contribution is -0.384. The number of nitrogens with zero attached hydrogens (tertiary/aromatic N) is 3. The molecule has 0 amide bonds. The standard InChI is InChI=1S/C14H21N3O3/c1-12-11-13(17(19)20)3-4-14(12)16-8-6-15(7-9-16)5-2-10-18/h3-4,11,18H,2,5-10H2,1H3. The zero-order valence-electron chi connectivity index (χ0n) is 11.8. The summed E-state index contributed by atoms with van der Waals surface area (Å²) in [6, 6.07) is 5.05. The van der Waals surface area contributed by atoms with E-state index in [0.29, 0.717) is 0 Å². The van der Waals surface area contributed by atoms with Gasteiger partial charge in [0.05, 0.1) is 4.92 Å². The summed E-state index contributed by atoms with van der Waals surface area (Å²) in [5, 5.41) is 19.6. The molecule has 20 heavy (non-hydrogen) atoms. The van der Waals surface area contributed by atoms with Crippen LogP contribution in [0.2, 0.25) is 0 Å². The molecule has 1 saturated heterocycles. The maximum absolute atomic E-state index is 10.7. The molecule has 0 saturated carbocycles. The van der Waals surface area contributed by atoms with E-state index in [1.165, 1.54) is 0 Å². The summed E-state index contributed by atoms with van der Waals surface area (Å²) in [5.41, 5.74) is 2.17. The van der Waals surface area contributed by atoms with Gasteiger partial charge in [0.15, 0.2) is 0 Å². The highest BCUT2D eigenvalue weighted by Gasteiger charge is 2.19. The van der Waals surface area contributed by atoms with Crippen LogP contribution in [0.3, 0.4) is 0 Å². The second-order valence-electron chi connectivity index (χ2n) is 5.13. The molecule has 0 aliphatic carbocycles. The zero-order valence-corrected chi connectivity index (χ0v) is 11.8. The summed E-state index contributed by atoms with van der Waals surface area (Å²) in [6.45, 7) is 6.87. The van der Waals surface area contributed by atoms with Gasteiger partial charge < -0.3 is 10.0 Å². The Kier molecular flexibility index (Phi) is 4.92. The maximum atomic E-state index is 10.7. The van der Waals surface area contributed by atoms with Crippen molar-refractivity contribution < 1.29 is 10.0 Å². The third kappa shape index (κ3) is 3.46. The molecule has 6 nitrogen and oxygen atoms in total. The van der Waals surface area contributed by atoms with Gasteiger partial charge in [0.25, 0.3) is 5.69 Å². The summed E-state index contributed by atoms with van der Waals surface area (Å²) in [5.74, 6) is 0. The highest BCUT2D eigenvalue weighted by molar-refractivity contribution is 5.57. The summed E-state index contributed by atoms with van der Waals surface area (Å²) in [7, 11) is 0. The fraction of sp³-hybridized carbons (Fsp3) is 0.571. The smallest absolute Gasteiger partial charge is 0.269 e. The SMILES string of the molecule is Cc1cc([N+](=O)[O-])ccc1N1CCN(CCCO)CC1. The Morgan fingerprint density at radius 3 is 2.55 bits per heavy atom. The van der Waals surface area contributed by atoms with Gasteiger partial charge in [0.2, 0.25) is 0 Å². The molecule has 110 valence electrons. The van der Waals surface area contributed by atoms with Crippen molar-refractivity contribution in [2.75, 3.05) is 44.2 Å². The average Bonchev–Trinajstić information content (AvgIpc) is 2.45. The number of rotatable bonds is 5. The molecule has 6 heteroatoms. The molecule has 0 bridgehead atoms. The molecule has 0 spiro atoms. The van der Waals surface area contributed by atoms with Gasteiger partial charge in [0.1, 0.15) is 0 Å². The third-order valence-corrected chi connectivity index (χ3v) is 3.74. The first-order valence-corrected chi connectivity index (χ1v) is 6.95. The van der Waals surface area contributed by atoms with Crippen molar-refractivity contribution in [3.05, 3.63) is 33.9 Å². The third-order valence-electron chi connectivity index (χ3n) is 3.74. The molecule has 1 aliphatic heterocycles. The van der Waals surface area contributed by atoms with E-state index in [2.05, 4.69) is 9.80 Å². The van der Waals surface area contributed by atoms with Crippen LogP contribution >= 0.6 is 0 Å². The largest absolute Gasteiger partial charge is 0.396 e. The van der Waals surface area contributed by atoms with E-state index in [0.717, 1.165) is 50.4 Å². The van der Waals surface area contributed by atoms with Crippen LogP contribution in [0.4, 0.5) is 11.4 Å². The molecule has 1 fully saturated rings. The summed E-state index contributed by atoms with van der Waals surface area (Å²) >= 11 is 0. The first kappa shape index (κ1) is 14.7. The van der Waals surface area contributed by atoms with E-state index < -0.39 is 0 Å². The van der Waals surface area contributed by atoms with Crippen molar-refractivity contribution in [2.45, 2.75) is 13.3 Å². The number of aliphatic hydroxyl groups is 1. The fourth-order valence-corrected chi connectivity index (χ4v) is 2.61. The average molecular weight is 279 g/mol. The second kappa shape index (κ2) is 6.67. The van der Waals surface area contributed by atoms with Crippen LogP contribution in [-0.2, 0) is 0 Å². The lowest BCUT2D eigenvalue weighted by Crippen LogP contribution is -2.47. The van der Waals surface area contributed by atoms with Crippen molar-refractivity contribution >= 4 is 11.4 Å². The molecule has 0 unspecified atom stereocenters. The molecular formula is C14H21N3O3. The minimum Gasteiger partial charge on any atom is -0.396 e. The first-order chi connectivity index (χ1) is 9.61. The highest BCUT2D eigenvalue weighted by atomic mass is 16.6. The quantitative estimate of drug-likeness (QED) is 0.652. The van der Waals surface area contributed by atoms with Crippen LogP contribution in [-0.4, -0.2) is 54.3 Å². The Morgan fingerprint density at radius 2 is 2.00 bits per heavy atom. The van der Waals surface area contributed by atoms with Gasteiger partial charge in [-0.05, 0) is 25.0 Å². The van der Waals surface area contributed by atoms with Crippen molar-refractivity contribution in [3.8, 4) is 0 Å². The topological polar surface area (TPSA) is 69.9 Å². The van der Waals surface area contributed by atoms with Gasteiger partial charge in [-0.3, -0.25) is 15.0 Å². The number of non-ortho nitro benzene ring substituents is 1. The van der Waals surface area contributed by atoms with Crippen LogP contribution in [0.1, 0.15) is 12.0 Å². The molecule has 0 atom stereocenters. The normalized spacial score (nSPS) is 16.4. The highest BCUT2D eigenvalue weighted by Crippen LogP contribution is 2.25. The predicted octanol–water partition coefficient (Wildman–Crippen LogP) is 1.41. The van der Waals surface area contributed by atoms with Crippen molar-refractivity contribution in [1.82, 2.24) is 4.90 Å². The van der Waals surface area contributed by atoms with E-state index in [9.17, 15) is 10.1 Å². The molecule has 1 heterocycles. The predicted molar refractivity (Wildman–Crippen MR) is 78.2 cm³/mol. The number of aliphatic hydroxyl groups excluding tert-OH is 1. The Bertz CT molecular complexity index is 471. The number of benzene rings is 1. The van der Waals surface area contributed by atoms with Crippen LogP contribution in [0.15, 0.2) is 18.2 Å². The Balaban J connectivity index is 1.98. The molecule has 1 aliphatic rings. The number of hydrogen-bond donors (Lipinski definition) is 1. The van der Waals surface area contributed by atoms with Crippen LogP contribution in [0, 0.1) is 17.0 Å². The van der Waals surface area contributed by atoms with Crippen LogP contribution in [0.25, 0.3) is 0 Å². The molecule has 1 N–H and O–H groups in total. The number of aryl methyl sites for hydroxylation is 1. The zero-order chi connectivity index (χ0) is 14.5. The number of nitro benzene ring substituents is 1. The molecule has 1 aromatic rings. The van der Waals surface area contributed by atoms with Crippen LogP contribution < -0.4 is 4.90 Å². The Hall–Kier alpha value is -1.66. The Morgan fingerprint density at radius 1 is 1.30 bits per heavy atom. The minimum absolute atomic E-state index is 0.146. The fourth-order valence-electron chi connectivity index (χ4n) is 2.61. The van der Waals surface area contributed by atoms with Crippen molar-refractivity contribution in [2.24, 2.45) is 0 Å². The van der Waals surface area contributed by atoms with Gasteiger partial charge in [-0.1, -0.05) is 0 Å². The van der Waals surface area contributed by atoms with Gasteiger partial charge in [-0.2, -0.15) is 0 Å². The molecule has 0 radical (unpaired) electrons. The first-order valence-electron chi connectivity index (χ1n) is 6.95. The van der Waals surface area contributed by atoms with Crippen molar-refractivity contribution in [1.29, 1.82) is 0 Å². The van der Waals surface area contributed by atoms with E-state index in [4.69, 9.17) is 5.11 Å². The maximum Gasteiger partial charge on any atom is 0.269 e. The summed E-state index contributed by atoms with van der Waals surface area (Å²) < 4.78 is 0. The van der Waals surface area contributed by atoms with Gasteiger partial charge in [-0.25, -0.2) is 0 Å². The summed E-state index contributed by atoms with van der Waals surface area (Å²) in [6.07, 6.45) is 0.816. The lowest BCUT2D eigenvalue weighted by Gasteiger charge is -2.36. The van der Waals surface area contributed by atoms with Gasteiger partial charge in [-0.15, -0.1) is 0 Å². The molecule has 2 rings (SSSR count). The van der Waals surface area contributed by atoms with E-state index >= 15 is 0 Å². The molecule has 1 aromatic carbocycles. The van der Waals surface area contributed by atoms with Gasteiger partial charge >= 0.3 is 0 Å². The van der Waals surface area contributed by atoms with E-state index in [1.54, 1.807) is 12.1 Å². The molecule has 0 aromatic heterocycles. The van der Waals surface area contributed by atoms with E-state index in [-0.39, 0.29) is 17.2 Å². The monoisotopic (exact) mass is 279 g/mol. The minimum atomic E-state index is -0.358. The second-order valence-corrected chi connectivity index (χ2v) is 5.13. The summed E-state index contributed by atoms with van der Waals surface area (Å²) in [4.78, 5) is 15.0. The number of hydrogen-bond acceptors (Lipinski definition) is 5. The number of anilines is 1. The molecular weight excluding hydrogens is 258 g/mol. The number of nitro groups is 1.